The third-order valence-electron chi connectivity index (χ3n) is 2.38. The fraction of sp³-hybridized carbons (Fsp3) is 0.200. The van der Waals surface area contributed by atoms with Crippen LogP contribution in [0.1, 0.15) is 0 Å². The van der Waals surface area contributed by atoms with Gasteiger partial charge in [-0.3, -0.25) is 9.36 Å². The van der Waals surface area contributed by atoms with Crippen molar-refractivity contribution < 1.29 is 9.90 Å². The molecule has 0 bridgehead atoms. The molecule has 84 valence electrons. The van der Waals surface area contributed by atoms with Gasteiger partial charge in [-0.25, -0.2) is 4.79 Å². The third kappa shape index (κ3) is 1.70. The van der Waals surface area contributed by atoms with Crippen LogP contribution < -0.4 is 11.4 Å². The molecule has 0 spiro atoms. The minimum Gasteiger partial charge on any atom is -0.480 e. The molecule has 1 aromatic carbocycles. The lowest BCUT2D eigenvalue weighted by atomic mass is 10.3. The number of aromatic nitrogens is 2. The van der Waals surface area contributed by atoms with Crippen LogP contribution in [0.15, 0.2) is 29.1 Å². The van der Waals surface area contributed by atoms with Gasteiger partial charge in [-0.1, -0.05) is 12.1 Å². The predicted octanol–water partition coefficient (Wildman–Crippen LogP) is -0.259. The molecule has 6 nitrogen and oxygen atoms in total. The number of imidazole rings is 1. The van der Waals surface area contributed by atoms with Gasteiger partial charge in [0.05, 0.1) is 17.6 Å². The zero-order valence-corrected chi connectivity index (χ0v) is 8.38. The topological polar surface area (TPSA) is 101 Å². The standard InChI is InChI=1S/C10H11N3O3/c11-6(9(14)15)5-13-8-4-2-1-3-7(8)12-10(13)16/h1-4,6H,5,11H2,(H,12,16)(H,14,15). The van der Waals surface area contributed by atoms with Crippen molar-refractivity contribution in [3.8, 4) is 0 Å². The number of H-pyrrole nitrogens is 1. The summed E-state index contributed by atoms with van der Waals surface area (Å²) in [6.45, 7) is -0.0435. The average molecular weight is 221 g/mol. The van der Waals surface area contributed by atoms with Crippen molar-refractivity contribution in [1.82, 2.24) is 9.55 Å². The Hall–Kier alpha value is -2.08. The number of carbonyl (C=O) groups is 1. The van der Waals surface area contributed by atoms with Gasteiger partial charge < -0.3 is 15.8 Å². The first-order valence-corrected chi connectivity index (χ1v) is 4.75. The Morgan fingerprint density at radius 3 is 2.88 bits per heavy atom. The molecule has 2 aromatic rings. The zero-order valence-electron chi connectivity index (χ0n) is 8.38. The number of nitrogens with two attached hydrogens (primary N) is 1. The number of nitrogens with zero attached hydrogens (tertiary/aromatic N) is 1. The lowest BCUT2D eigenvalue weighted by Gasteiger charge is -2.07. The number of hydrogen-bond donors (Lipinski definition) is 3. The van der Waals surface area contributed by atoms with E-state index in [1.807, 2.05) is 0 Å². The Morgan fingerprint density at radius 1 is 1.50 bits per heavy atom. The molecule has 0 saturated carbocycles. The van der Waals surface area contributed by atoms with Gasteiger partial charge in [0, 0.05) is 0 Å². The van der Waals surface area contributed by atoms with Gasteiger partial charge in [-0.15, -0.1) is 0 Å². The van der Waals surface area contributed by atoms with Crippen molar-refractivity contribution in [2.75, 3.05) is 0 Å². The fourth-order valence-electron chi connectivity index (χ4n) is 1.56. The molecule has 1 heterocycles. The van der Waals surface area contributed by atoms with Crippen LogP contribution in [0.25, 0.3) is 11.0 Å². The maximum atomic E-state index is 11.6. The van der Waals surface area contributed by atoms with E-state index in [1.54, 1.807) is 24.3 Å². The van der Waals surface area contributed by atoms with Crippen LogP contribution in [-0.4, -0.2) is 26.7 Å². The highest BCUT2D eigenvalue weighted by Gasteiger charge is 2.15. The summed E-state index contributed by atoms with van der Waals surface area (Å²) in [5.41, 5.74) is 6.37. The quantitative estimate of drug-likeness (QED) is 0.664. The second-order valence-corrected chi connectivity index (χ2v) is 3.50. The first-order valence-electron chi connectivity index (χ1n) is 4.75. The Morgan fingerprint density at radius 2 is 2.19 bits per heavy atom. The first kappa shape index (κ1) is 10.4. The molecule has 0 aliphatic carbocycles. The van der Waals surface area contributed by atoms with Gasteiger partial charge in [0.2, 0.25) is 0 Å². The number of para-hydroxylation sites is 2. The highest BCUT2D eigenvalue weighted by molar-refractivity contribution is 5.76. The summed E-state index contributed by atoms with van der Waals surface area (Å²) < 4.78 is 1.33. The van der Waals surface area contributed by atoms with Gasteiger partial charge in [0.1, 0.15) is 6.04 Å². The van der Waals surface area contributed by atoms with E-state index in [4.69, 9.17) is 10.8 Å². The minimum absolute atomic E-state index is 0.0435. The molecule has 16 heavy (non-hydrogen) atoms. The number of hydrogen-bond acceptors (Lipinski definition) is 3. The molecule has 1 atom stereocenters. The molecule has 0 saturated heterocycles. The largest absolute Gasteiger partial charge is 0.480 e. The first-order chi connectivity index (χ1) is 7.59. The lowest BCUT2D eigenvalue weighted by Crippen LogP contribution is -2.37. The zero-order chi connectivity index (χ0) is 11.7. The number of carboxylic acid groups (broad SMARTS) is 1. The van der Waals surface area contributed by atoms with Crippen LogP contribution in [-0.2, 0) is 11.3 Å². The summed E-state index contributed by atoms with van der Waals surface area (Å²) in [5, 5.41) is 8.69. The van der Waals surface area contributed by atoms with Gasteiger partial charge in [-0.05, 0) is 12.1 Å². The molecule has 4 N–H and O–H groups in total. The molecule has 1 aromatic heterocycles. The number of fused-ring (bicyclic) bond motifs is 1. The van der Waals surface area contributed by atoms with E-state index >= 15 is 0 Å². The Balaban J connectivity index is 2.48. The molecule has 0 aliphatic rings. The number of nitrogens with one attached hydrogen (secondary N) is 1. The normalized spacial score (nSPS) is 12.8. The van der Waals surface area contributed by atoms with Crippen molar-refractivity contribution in [2.45, 2.75) is 12.6 Å². The predicted molar refractivity (Wildman–Crippen MR) is 58.2 cm³/mol. The van der Waals surface area contributed by atoms with Crippen molar-refractivity contribution in [2.24, 2.45) is 5.73 Å². The molecule has 0 fully saturated rings. The van der Waals surface area contributed by atoms with Gasteiger partial charge in [0.25, 0.3) is 0 Å². The molecular formula is C10H11N3O3. The van der Waals surface area contributed by atoms with E-state index in [2.05, 4.69) is 4.98 Å². The summed E-state index contributed by atoms with van der Waals surface area (Å²) in [6, 6.07) is 5.97. The highest BCUT2D eigenvalue weighted by atomic mass is 16.4. The maximum absolute atomic E-state index is 11.6. The Bertz CT molecular complexity index is 584. The fourth-order valence-corrected chi connectivity index (χ4v) is 1.56. The third-order valence-corrected chi connectivity index (χ3v) is 2.38. The van der Waals surface area contributed by atoms with Crippen LogP contribution in [0.5, 0.6) is 0 Å². The van der Waals surface area contributed by atoms with Crippen LogP contribution in [0, 0.1) is 0 Å². The SMILES string of the molecule is NC(Cn1c(=O)[nH]c2ccccc21)C(=O)O. The van der Waals surface area contributed by atoms with Gasteiger partial charge in [-0.2, -0.15) is 0 Å². The second kappa shape index (κ2) is 3.82. The molecule has 0 aliphatic heterocycles. The molecule has 6 heteroatoms. The molecule has 2 rings (SSSR count). The van der Waals surface area contributed by atoms with Crippen molar-refractivity contribution >= 4 is 17.0 Å². The molecule has 0 amide bonds. The van der Waals surface area contributed by atoms with Crippen LogP contribution in [0.4, 0.5) is 0 Å². The minimum atomic E-state index is -1.13. The van der Waals surface area contributed by atoms with Crippen LogP contribution in [0.3, 0.4) is 0 Å². The monoisotopic (exact) mass is 221 g/mol. The molecule has 1 unspecified atom stereocenters. The number of carboxylic acids is 1. The van der Waals surface area contributed by atoms with Crippen molar-refractivity contribution in [1.29, 1.82) is 0 Å². The Labute approximate surface area is 90.3 Å². The van der Waals surface area contributed by atoms with E-state index < -0.39 is 12.0 Å². The van der Waals surface area contributed by atoms with E-state index in [0.29, 0.717) is 11.0 Å². The smallest absolute Gasteiger partial charge is 0.326 e. The summed E-state index contributed by atoms with van der Waals surface area (Å²) in [7, 11) is 0. The highest BCUT2D eigenvalue weighted by Crippen LogP contribution is 2.08. The van der Waals surface area contributed by atoms with Crippen molar-refractivity contribution in [3.63, 3.8) is 0 Å². The summed E-state index contributed by atoms with van der Waals surface area (Å²) in [5.74, 6) is -1.13. The summed E-state index contributed by atoms with van der Waals surface area (Å²) in [6.07, 6.45) is 0. The number of aromatic amines is 1. The summed E-state index contributed by atoms with van der Waals surface area (Å²) in [4.78, 5) is 24.8. The maximum Gasteiger partial charge on any atom is 0.326 e. The van der Waals surface area contributed by atoms with Gasteiger partial charge in [0.15, 0.2) is 0 Å². The molecule has 0 radical (unpaired) electrons. The molecular weight excluding hydrogens is 210 g/mol. The summed E-state index contributed by atoms with van der Waals surface area (Å²) >= 11 is 0. The number of benzene rings is 1. The van der Waals surface area contributed by atoms with E-state index in [1.165, 1.54) is 4.57 Å². The Kier molecular flexibility index (Phi) is 2.49. The number of aliphatic carboxylic acids is 1. The lowest BCUT2D eigenvalue weighted by molar-refractivity contribution is -0.138. The number of rotatable bonds is 3. The van der Waals surface area contributed by atoms with E-state index in [9.17, 15) is 9.59 Å². The van der Waals surface area contributed by atoms with E-state index in [-0.39, 0.29) is 12.2 Å². The second-order valence-electron chi connectivity index (χ2n) is 3.50. The average Bonchev–Trinajstić information content (AvgIpc) is 2.55. The van der Waals surface area contributed by atoms with Crippen LogP contribution >= 0.6 is 0 Å². The van der Waals surface area contributed by atoms with Crippen molar-refractivity contribution in [3.05, 3.63) is 34.7 Å². The van der Waals surface area contributed by atoms with Gasteiger partial charge >= 0.3 is 11.7 Å². The van der Waals surface area contributed by atoms with E-state index in [0.717, 1.165) is 0 Å². The van der Waals surface area contributed by atoms with Crippen LogP contribution in [0.2, 0.25) is 0 Å².